The van der Waals surface area contributed by atoms with Crippen molar-refractivity contribution in [1.29, 1.82) is 0 Å². The lowest BCUT2D eigenvalue weighted by atomic mass is 10.0. The van der Waals surface area contributed by atoms with Gasteiger partial charge in [0.05, 0.1) is 16.5 Å². The number of halogens is 3. The highest BCUT2D eigenvalue weighted by Gasteiger charge is 2.31. The first-order chi connectivity index (χ1) is 12.4. The summed E-state index contributed by atoms with van der Waals surface area (Å²) < 4.78 is 61.9. The van der Waals surface area contributed by atoms with E-state index < -0.39 is 27.6 Å². The van der Waals surface area contributed by atoms with Crippen molar-refractivity contribution in [2.75, 3.05) is 12.8 Å². The lowest BCUT2D eigenvalue weighted by Crippen LogP contribution is -2.33. The van der Waals surface area contributed by atoms with Gasteiger partial charge in [0.2, 0.25) is 0 Å². The molecular weight excluding hydrogens is 379 g/mol. The Balaban J connectivity index is 2.31. The van der Waals surface area contributed by atoms with E-state index in [9.17, 15) is 26.4 Å². The van der Waals surface area contributed by atoms with Crippen LogP contribution in [0.3, 0.4) is 0 Å². The van der Waals surface area contributed by atoms with Crippen molar-refractivity contribution >= 4 is 15.7 Å². The van der Waals surface area contributed by atoms with Crippen molar-refractivity contribution in [2.24, 2.45) is 0 Å². The number of hydrogen-bond acceptors (Lipinski definition) is 3. The first-order valence-corrected chi connectivity index (χ1v) is 10.1. The Morgan fingerprint density at radius 3 is 2.19 bits per heavy atom. The van der Waals surface area contributed by atoms with Gasteiger partial charge in [-0.05, 0) is 55.8 Å². The summed E-state index contributed by atoms with van der Waals surface area (Å²) in [7, 11) is -3.38. The molecule has 8 heteroatoms. The molecule has 1 amide bonds. The topological polar surface area (TPSA) is 54.5 Å². The molecule has 2 aromatic carbocycles. The molecular formula is C19H20F3NO3S. The third kappa shape index (κ3) is 4.88. The molecule has 4 nitrogen and oxygen atoms in total. The van der Waals surface area contributed by atoms with E-state index in [0.717, 1.165) is 18.4 Å². The van der Waals surface area contributed by atoms with E-state index in [-0.39, 0.29) is 22.9 Å². The van der Waals surface area contributed by atoms with Gasteiger partial charge < -0.3 is 4.90 Å². The number of carbonyl (C=O) groups excluding carboxylic acids is 1. The van der Waals surface area contributed by atoms with Crippen LogP contribution >= 0.6 is 0 Å². The molecule has 2 rings (SSSR count). The third-order valence-corrected chi connectivity index (χ3v) is 5.42. The minimum Gasteiger partial charge on any atom is -0.332 e. The molecule has 0 radical (unpaired) electrons. The van der Waals surface area contributed by atoms with E-state index in [0.29, 0.717) is 5.56 Å². The summed E-state index contributed by atoms with van der Waals surface area (Å²) in [6.07, 6.45) is -3.39. The van der Waals surface area contributed by atoms with Crippen molar-refractivity contribution in [3.63, 3.8) is 0 Å². The Labute approximate surface area is 156 Å². The summed E-state index contributed by atoms with van der Waals surface area (Å²) in [5.74, 6) is -0.387. The highest BCUT2D eigenvalue weighted by atomic mass is 32.2. The van der Waals surface area contributed by atoms with Gasteiger partial charge in [0.25, 0.3) is 5.91 Å². The number of nitrogens with zero attached hydrogens (tertiary/aromatic N) is 1. The van der Waals surface area contributed by atoms with Crippen LogP contribution < -0.4 is 0 Å². The smallest absolute Gasteiger partial charge is 0.332 e. The number of rotatable bonds is 5. The van der Waals surface area contributed by atoms with Crippen LogP contribution in [0.1, 0.15) is 41.4 Å². The molecule has 1 unspecified atom stereocenters. The minimum atomic E-state index is -4.46. The summed E-state index contributed by atoms with van der Waals surface area (Å²) in [5, 5.41) is 0. The molecule has 146 valence electrons. The zero-order valence-electron chi connectivity index (χ0n) is 15.1. The largest absolute Gasteiger partial charge is 0.416 e. The van der Waals surface area contributed by atoms with Gasteiger partial charge in [0.1, 0.15) is 0 Å². The number of hydrogen-bond donors (Lipinski definition) is 0. The first kappa shape index (κ1) is 21.0. The van der Waals surface area contributed by atoms with Crippen molar-refractivity contribution < 1.29 is 26.4 Å². The highest BCUT2D eigenvalue weighted by Crippen LogP contribution is 2.32. The predicted molar refractivity (Wildman–Crippen MR) is 96.1 cm³/mol. The number of benzene rings is 2. The molecule has 2 aromatic rings. The van der Waals surface area contributed by atoms with Gasteiger partial charge in [-0.2, -0.15) is 13.2 Å². The molecule has 0 aliphatic rings. The van der Waals surface area contributed by atoms with E-state index >= 15 is 0 Å². The van der Waals surface area contributed by atoms with Crippen molar-refractivity contribution in [3.05, 3.63) is 65.2 Å². The SMILES string of the molecule is CCN(C(=O)c1ccc(S(C)(=O)=O)cc1)C(C)c1cccc(C(F)(F)F)c1. The molecule has 0 saturated carbocycles. The normalized spacial score (nSPS) is 13.3. The first-order valence-electron chi connectivity index (χ1n) is 8.23. The second-order valence-electron chi connectivity index (χ2n) is 6.19. The molecule has 0 aliphatic heterocycles. The average Bonchev–Trinajstić information content (AvgIpc) is 2.61. The fourth-order valence-corrected chi connectivity index (χ4v) is 3.39. The fourth-order valence-electron chi connectivity index (χ4n) is 2.76. The molecule has 27 heavy (non-hydrogen) atoms. The molecule has 0 aromatic heterocycles. The van der Waals surface area contributed by atoms with E-state index in [4.69, 9.17) is 0 Å². The fraction of sp³-hybridized carbons (Fsp3) is 0.316. The summed E-state index contributed by atoms with van der Waals surface area (Å²) in [5.41, 5.74) is -0.135. The molecule has 0 spiro atoms. The van der Waals surface area contributed by atoms with Gasteiger partial charge in [-0.15, -0.1) is 0 Å². The third-order valence-electron chi connectivity index (χ3n) is 4.29. The van der Waals surface area contributed by atoms with Crippen LogP contribution in [0.25, 0.3) is 0 Å². The van der Waals surface area contributed by atoms with Crippen molar-refractivity contribution in [3.8, 4) is 0 Å². The van der Waals surface area contributed by atoms with Crippen molar-refractivity contribution in [1.82, 2.24) is 4.90 Å². The van der Waals surface area contributed by atoms with Gasteiger partial charge >= 0.3 is 6.18 Å². The van der Waals surface area contributed by atoms with Gasteiger partial charge in [-0.1, -0.05) is 12.1 Å². The number of amides is 1. The zero-order valence-corrected chi connectivity index (χ0v) is 15.9. The Bertz CT molecular complexity index is 922. The zero-order chi connectivity index (χ0) is 20.4. The molecule has 0 N–H and O–H groups in total. The average molecular weight is 399 g/mol. The lowest BCUT2D eigenvalue weighted by Gasteiger charge is -2.29. The molecule has 1 atom stereocenters. The summed E-state index contributed by atoms with van der Waals surface area (Å²) in [4.78, 5) is 14.3. The Morgan fingerprint density at radius 1 is 1.11 bits per heavy atom. The second-order valence-corrected chi connectivity index (χ2v) is 8.20. The maximum absolute atomic E-state index is 12.9. The van der Waals surface area contributed by atoms with Gasteiger partial charge in [0, 0.05) is 18.4 Å². The summed E-state index contributed by atoms with van der Waals surface area (Å²) >= 11 is 0. The quantitative estimate of drug-likeness (QED) is 0.752. The molecule has 0 aliphatic carbocycles. The van der Waals surface area contributed by atoms with Crippen LogP contribution in [0.15, 0.2) is 53.4 Å². The Kier molecular flexibility index (Phi) is 5.99. The standard InChI is InChI=1S/C19H20F3NO3S/c1-4-23(13(2)15-6-5-7-16(12-15)19(20,21)22)18(24)14-8-10-17(11-9-14)27(3,25)26/h5-13H,4H2,1-3H3. The van der Waals surface area contributed by atoms with Crippen LogP contribution in [0.2, 0.25) is 0 Å². The van der Waals surface area contributed by atoms with E-state index in [2.05, 4.69) is 0 Å². The molecule has 0 heterocycles. The van der Waals surface area contributed by atoms with Gasteiger partial charge in [-0.25, -0.2) is 8.42 Å². The number of sulfone groups is 1. The molecule has 0 saturated heterocycles. The number of alkyl halides is 3. The van der Waals surface area contributed by atoms with Gasteiger partial charge in [0.15, 0.2) is 9.84 Å². The predicted octanol–water partition coefficient (Wildman–Crippen LogP) is 4.33. The minimum absolute atomic E-state index is 0.0908. The van der Waals surface area contributed by atoms with Crippen LogP contribution in [0, 0.1) is 0 Å². The molecule has 0 fully saturated rings. The van der Waals surface area contributed by atoms with Gasteiger partial charge in [-0.3, -0.25) is 4.79 Å². The summed E-state index contributed by atoms with van der Waals surface area (Å²) in [6.45, 7) is 3.67. The number of carbonyl (C=O) groups is 1. The van der Waals surface area contributed by atoms with Crippen molar-refractivity contribution in [2.45, 2.75) is 31.0 Å². The maximum Gasteiger partial charge on any atom is 0.416 e. The van der Waals surface area contributed by atoms with Crippen LogP contribution in [-0.4, -0.2) is 32.0 Å². The van der Waals surface area contributed by atoms with Crippen LogP contribution in [0.4, 0.5) is 13.2 Å². The molecule has 0 bridgehead atoms. The maximum atomic E-state index is 12.9. The monoisotopic (exact) mass is 399 g/mol. The van der Waals surface area contributed by atoms with Crippen LogP contribution in [0.5, 0.6) is 0 Å². The van der Waals surface area contributed by atoms with Crippen LogP contribution in [-0.2, 0) is 16.0 Å². The highest BCUT2D eigenvalue weighted by molar-refractivity contribution is 7.90. The second kappa shape index (κ2) is 7.72. The summed E-state index contributed by atoms with van der Waals surface area (Å²) in [6, 6.07) is 9.78. The van der Waals surface area contributed by atoms with E-state index in [1.807, 2.05) is 0 Å². The van der Waals surface area contributed by atoms with E-state index in [1.165, 1.54) is 35.2 Å². The lowest BCUT2D eigenvalue weighted by molar-refractivity contribution is -0.137. The Hall–Kier alpha value is -2.35. The Morgan fingerprint density at radius 2 is 1.70 bits per heavy atom. The van der Waals surface area contributed by atoms with E-state index in [1.54, 1.807) is 19.9 Å².